The maximum Gasteiger partial charge on any atom is 0.416 e. The Morgan fingerprint density at radius 1 is 1.15 bits per heavy atom. The zero-order chi connectivity index (χ0) is 15.3. The minimum atomic E-state index is -4.37. The quantitative estimate of drug-likeness (QED) is 0.872. The summed E-state index contributed by atoms with van der Waals surface area (Å²) in [5.74, 6) is 0.562. The fraction of sp³-hybridized carbons (Fsp3) is 0.615. The maximum absolute atomic E-state index is 12.9. The van der Waals surface area contributed by atoms with Crippen molar-refractivity contribution in [1.82, 2.24) is 9.88 Å². The normalized spacial score (nSPS) is 11.8. The van der Waals surface area contributed by atoms with Crippen molar-refractivity contribution in [2.24, 2.45) is 0 Å². The van der Waals surface area contributed by atoms with Crippen molar-refractivity contribution in [1.29, 1.82) is 0 Å². The predicted molar refractivity (Wildman–Crippen MR) is 75.2 cm³/mol. The highest BCUT2D eigenvalue weighted by Gasteiger charge is 2.32. The lowest BCUT2D eigenvalue weighted by atomic mass is 10.2. The average molecular weight is 290 g/mol. The molecule has 0 radical (unpaired) electrons. The van der Waals surface area contributed by atoms with Crippen LogP contribution in [0.5, 0.6) is 0 Å². The molecule has 0 saturated carbocycles. The maximum atomic E-state index is 12.9. The van der Waals surface area contributed by atoms with Crippen molar-refractivity contribution in [3.63, 3.8) is 0 Å². The third kappa shape index (κ3) is 4.88. The van der Waals surface area contributed by atoms with E-state index >= 15 is 0 Å². The molecule has 0 aromatic carbocycles. The fourth-order valence-corrected chi connectivity index (χ4v) is 1.61. The molecule has 0 amide bonds. The van der Waals surface area contributed by atoms with E-state index in [1.165, 1.54) is 0 Å². The van der Waals surface area contributed by atoms with Gasteiger partial charge in [-0.25, -0.2) is 4.98 Å². The van der Waals surface area contributed by atoms with Crippen molar-refractivity contribution in [3.8, 4) is 0 Å². The molecule has 0 saturated heterocycles. The van der Waals surface area contributed by atoms with Crippen LogP contribution >= 0.6 is 0 Å². The van der Waals surface area contributed by atoms with Crippen molar-refractivity contribution in [2.45, 2.75) is 13.1 Å². The summed E-state index contributed by atoms with van der Waals surface area (Å²) in [6.07, 6.45) is -4.37. The molecule has 0 unspecified atom stereocenters. The molecule has 1 aromatic heterocycles. The summed E-state index contributed by atoms with van der Waals surface area (Å²) in [6, 6.07) is 2.11. The van der Waals surface area contributed by atoms with Crippen LogP contribution in [-0.2, 0) is 6.18 Å². The standard InChI is InChI=1S/C13H21F3N4/c1-5-17-11-8-10(13(14,15)16)9-12(18-11)20(4)7-6-19(2)3/h8-9H,5-7H2,1-4H3,(H,17,18). The molecule has 0 atom stereocenters. The summed E-state index contributed by atoms with van der Waals surface area (Å²) in [6.45, 7) is 3.68. The number of alkyl halides is 3. The second-order valence-corrected chi connectivity index (χ2v) is 4.85. The molecule has 1 rings (SSSR count). The molecule has 20 heavy (non-hydrogen) atoms. The first kappa shape index (κ1) is 16.6. The molecule has 4 nitrogen and oxygen atoms in total. The van der Waals surface area contributed by atoms with E-state index in [2.05, 4.69) is 10.3 Å². The second-order valence-electron chi connectivity index (χ2n) is 4.85. The van der Waals surface area contributed by atoms with E-state index in [0.29, 0.717) is 18.9 Å². The molecule has 1 aromatic rings. The lowest BCUT2D eigenvalue weighted by Crippen LogP contribution is -2.29. The van der Waals surface area contributed by atoms with Gasteiger partial charge in [0.1, 0.15) is 11.6 Å². The van der Waals surface area contributed by atoms with Crippen LogP contribution in [0, 0.1) is 0 Å². The van der Waals surface area contributed by atoms with E-state index in [-0.39, 0.29) is 5.82 Å². The van der Waals surface area contributed by atoms with Crippen molar-refractivity contribution in [3.05, 3.63) is 17.7 Å². The van der Waals surface area contributed by atoms with Crippen molar-refractivity contribution in [2.75, 3.05) is 51.0 Å². The number of anilines is 2. The van der Waals surface area contributed by atoms with E-state index in [4.69, 9.17) is 0 Å². The van der Waals surface area contributed by atoms with E-state index in [1.54, 1.807) is 11.9 Å². The Morgan fingerprint density at radius 2 is 1.80 bits per heavy atom. The van der Waals surface area contributed by atoms with E-state index < -0.39 is 11.7 Å². The summed E-state index contributed by atoms with van der Waals surface area (Å²) in [5, 5.41) is 2.83. The first-order valence-corrected chi connectivity index (χ1v) is 6.43. The topological polar surface area (TPSA) is 31.4 Å². The van der Waals surface area contributed by atoms with Gasteiger partial charge < -0.3 is 15.1 Å². The Balaban J connectivity index is 3.02. The molecule has 0 bridgehead atoms. The van der Waals surface area contributed by atoms with Crippen molar-refractivity contribution >= 4 is 11.6 Å². The van der Waals surface area contributed by atoms with Crippen LogP contribution in [0.25, 0.3) is 0 Å². The number of likely N-dealkylation sites (N-methyl/N-ethyl adjacent to an activating group) is 2. The number of halogens is 3. The Hall–Kier alpha value is -1.50. The lowest BCUT2D eigenvalue weighted by molar-refractivity contribution is -0.137. The zero-order valence-electron chi connectivity index (χ0n) is 12.3. The van der Waals surface area contributed by atoms with Gasteiger partial charge in [0, 0.05) is 26.7 Å². The highest BCUT2D eigenvalue weighted by atomic mass is 19.4. The van der Waals surface area contributed by atoms with Gasteiger partial charge >= 0.3 is 6.18 Å². The third-order valence-electron chi connectivity index (χ3n) is 2.77. The van der Waals surface area contributed by atoms with Gasteiger partial charge in [0.15, 0.2) is 0 Å². The fourth-order valence-electron chi connectivity index (χ4n) is 1.61. The molecule has 0 spiro atoms. The SMILES string of the molecule is CCNc1cc(C(F)(F)F)cc(N(C)CCN(C)C)n1. The predicted octanol–water partition coefficient (Wildman–Crippen LogP) is 2.53. The average Bonchev–Trinajstić information content (AvgIpc) is 2.34. The number of hydrogen-bond donors (Lipinski definition) is 1. The summed E-state index contributed by atoms with van der Waals surface area (Å²) >= 11 is 0. The van der Waals surface area contributed by atoms with Gasteiger partial charge in [-0.1, -0.05) is 0 Å². The van der Waals surface area contributed by atoms with Crippen LogP contribution in [0.4, 0.5) is 24.8 Å². The highest BCUT2D eigenvalue weighted by molar-refractivity contribution is 5.51. The van der Waals surface area contributed by atoms with Crippen LogP contribution < -0.4 is 10.2 Å². The highest BCUT2D eigenvalue weighted by Crippen LogP contribution is 2.32. The number of rotatable bonds is 6. The van der Waals surface area contributed by atoms with Gasteiger partial charge in [-0.05, 0) is 33.2 Å². The van der Waals surface area contributed by atoms with E-state index in [9.17, 15) is 13.2 Å². The van der Waals surface area contributed by atoms with Crippen LogP contribution in [-0.4, -0.2) is 50.7 Å². The monoisotopic (exact) mass is 290 g/mol. The smallest absolute Gasteiger partial charge is 0.370 e. The number of nitrogens with one attached hydrogen (secondary N) is 1. The van der Waals surface area contributed by atoms with Crippen LogP contribution in [0.2, 0.25) is 0 Å². The minimum Gasteiger partial charge on any atom is -0.370 e. The van der Waals surface area contributed by atoms with Crippen LogP contribution in [0.15, 0.2) is 12.1 Å². The summed E-state index contributed by atoms with van der Waals surface area (Å²) < 4.78 is 38.7. The van der Waals surface area contributed by atoms with Crippen LogP contribution in [0.1, 0.15) is 12.5 Å². The summed E-state index contributed by atoms with van der Waals surface area (Å²) in [4.78, 5) is 7.90. The third-order valence-corrected chi connectivity index (χ3v) is 2.77. The Morgan fingerprint density at radius 3 is 2.30 bits per heavy atom. The zero-order valence-corrected chi connectivity index (χ0v) is 12.3. The number of hydrogen-bond acceptors (Lipinski definition) is 4. The number of nitrogens with zero attached hydrogens (tertiary/aromatic N) is 3. The van der Waals surface area contributed by atoms with Gasteiger partial charge in [0.2, 0.25) is 0 Å². The van der Waals surface area contributed by atoms with Gasteiger partial charge in [-0.15, -0.1) is 0 Å². The molecule has 0 fully saturated rings. The second kappa shape index (κ2) is 6.78. The Bertz CT molecular complexity index is 432. The lowest BCUT2D eigenvalue weighted by Gasteiger charge is -2.22. The number of pyridine rings is 1. The molecule has 0 aliphatic heterocycles. The largest absolute Gasteiger partial charge is 0.416 e. The first-order valence-electron chi connectivity index (χ1n) is 6.43. The van der Waals surface area contributed by atoms with Gasteiger partial charge in [-0.2, -0.15) is 13.2 Å². The number of aromatic nitrogens is 1. The summed E-state index contributed by atoms with van der Waals surface area (Å²) in [7, 11) is 5.57. The first-order chi connectivity index (χ1) is 9.24. The van der Waals surface area contributed by atoms with Gasteiger partial charge in [0.05, 0.1) is 5.56 Å². The Labute approximate surface area is 117 Å². The van der Waals surface area contributed by atoms with E-state index in [0.717, 1.165) is 18.7 Å². The molecular weight excluding hydrogens is 269 g/mol. The van der Waals surface area contributed by atoms with Crippen molar-refractivity contribution < 1.29 is 13.2 Å². The minimum absolute atomic E-state index is 0.244. The Kier molecular flexibility index (Phi) is 5.62. The van der Waals surface area contributed by atoms with Gasteiger partial charge in [0.25, 0.3) is 0 Å². The molecule has 114 valence electrons. The molecule has 1 heterocycles. The molecular formula is C13H21F3N4. The molecule has 7 heteroatoms. The van der Waals surface area contributed by atoms with Gasteiger partial charge in [-0.3, -0.25) is 0 Å². The summed E-state index contributed by atoms with van der Waals surface area (Å²) in [5.41, 5.74) is -0.685. The van der Waals surface area contributed by atoms with E-state index in [1.807, 2.05) is 25.9 Å². The molecule has 0 aliphatic carbocycles. The molecule has 0 aliphatic rings. The molecule has 1 N–H and O–H groups in total. The van der Waals surface area contributed by atoms with Crippen LogP contribution in [0.3, 0.4) is 0 Å².